The van der Waals surface area contributed by atoms with Crippen LogP contribution >= 0.6 is 0 Å². The van der Waals surface area contributed by atoms with Crippen molar-refractivity contribution in [1.82, 2.24) is 0 Å². The van der Waals surface area contributed by atoms with Crippen LogP contribution in [0.2, 0.25) is 0 Å². The molecule has 126 valence electrons. The van der Waals surface area contributed by atoms with Gasteiger partial charge in [-0.3, -0.25) is 0 Å². The standard InChI is InChI=1S/C23H34/c1-6-23-14-7-13-21(3,4)20(23)11-9-17-18-10-8-16(2)22(18,5)15-12-19(17)23/h6,10,16,20H,1,7-9,11-15H2,2-5H3. The number of hydrogen-bond donors (Lipinski definition) is 0. The zero-order valence-electron chi connectivity index (χ0n) is 15.7. The SMILES string of the molecule is C=CC12CCCC(C)(C)C1CCC1=C2CCC2(C)C1=CCC2C. The van der Waals surface area contributed by atoms with Crippen molar-refractivity contribution < 1.29 is 0 Å². The summed E-state index contributed by atoms with van der Waals surface area (Å²) >= 11 is 0. The van der Waals surface area contributed by atoms with Gasteiger partial charge in [-0.25, -0.2) is 0 Å². The van der Waals surface area contributed by atoms with E-state index < -0.39 is 0 Å². The van der Waals surface area contributed by atoms with Crippen LogP contribution in [0.1, 0.15) is 79.1 Å². The first-order chi connectivity index (χ1) is 10.8. The van der Waals surface area contributed by atoms with Gasteiger partial charge in [-0.05, 0) is 78.8 Å². The highest BCUT2D eigenvalue weighted by Gasteiger charge is 2.55. The Morgan fingerprint density at radius 1 is 1.13 bits per heavy atom. The Bertz CT molecular complexity index is 602. The molecule has 0 heterocycles. The van der Waals surface area contributed by atoms with Gasteiger partial charge < -0.3 is 0 Å². The van der Waals surface area contributed by atoms with Crippen LogP contribution < -0.4 is 0 Å². The van der Waals surface area contributed by atoms with Crippen molar-refractivity contribution in [3.8, 4) is 0 Å². The molecular formula is C23H34. The fraction of sp³-hybridized carbons (Fsp3) is 0.739. The maximum Gasteiger partial charge on any atom is 0.0127 e. The van der Waals surface area contributed by atoms with Crippen LogP contribution in [0.5, 0.6) is 0 Å². The fourth-order valence-electron chi connectivity index (χ4n) is 6.95. The van der Waals surface area contributed by atoms with Crippen LogP contribution in [0.25, 0.3) is 0 Å². The molecule has 4 aliphatic carbocycles. The van der Waals surface area contributed by atoms with Crippen LogP contribution in [0, 0.1) is 28.1 Å². The molecule has 0 heteroatoms. The maximum atomic E-state index is 4.38. The summed E-state index contributed by atoms with van der Waals surface area (Å²) in [7, 11) is 0. The molecule has 0 aliphatic heterocycles. The van der Waals surface area contributed by atoms with Gasteiger partial charge in [0.05, 0.1) is 0 Å². The van der Waals surface area contributed by atoms with Crippen LogP contribution in [0.15, 0.2) is 35.5 Å². The minimum atomic E-state index is 0.309. The number of hydrogen-bond acceptors (Lipinski definition) is 0. The predicted molar refractivity (Wildman–Crippen MR) is 99.2 cm³/mol. The number of allylic oxidation sites excluding steroid dienone is 5. The summed E-state index contributed by atoms with van der Waals surface area (Å²) in [6.07, 6.45) is 15.8. The smallest absolute Gasteiger partial charge is 0.0127 e. The quantitative estimate of drug-likeness (QED) is 0.465. The molecule has 1 saturated carbocycles. The van der Waals surface area contributed by atoms with E-state index in [0.29, 0.717) is 16.2 Å². The van der Waals surface area contributed by atoms with E-state index >= 15 is 0 Å². The lowest BCUT2D eigenvalue weighted by Gasteiger charge is -2.58. The van der Waals surface area contributed by atoms with E-state index in [-0.39, 0.29) is 0 Å². The van der Waals surface area contributed by atoms with E-state index in [2.05, 4.69) is 46.4 Å². The van der Waals surface area contributed by atoms with E-state index in [4.69, 9.17) is 0 Å². The first-order valence-electron chi connectivity index (χ1n) is 9.92. The van der Waals surface area contributed by atoms with Gasteiger partial charge >= 0.3 is 0 Å². The molecule has 0 nitrogen and oxygen atoms in total. The van der Waals surface area contributed by atoms with Crippen LogP contribution in [0.4, 0.5) is 0 Å². The highest BCUT2D eigenvalue weighted by Crippen LogP contribution is 2.66. The highest BCUT2D eigenvalue weighted by atomic mass is 14.6. The molecule has 0 bridgehead atoms. The van der Waals surface area contributed by atoms with Crippen molar-refractivity contribution in [2.45, 2.75) is 79.1 Å². The van der Waals surface area contributed by atoms with Crippen LogP contribution in [-0.2, 0) is 0 Å². The Morgan fingerprint density at radius 2 is 1.91 bits per heavy atom. The van der Waals surface area contributed by atoms with Gasteiger partial charge in [-0.1, -0.05) is 51.8 Å². The summed E-state index contributed by atoms with van der Waals surface area (Å²) in [5.74, 6) is 1.63. The first kappa shape index (κ1) is 15.7. The molecule has 4 rings (SSSR count). The zero-order chi connectivity index (χ0) is 16.5. The molecule has 0 radical (unpaired) electrons. The molecule has 0 saturated heterocycles. The zero-order valence-corrected chi connectivity index (χ0v) is 15.7. The molecule has 0 N–H and O–H groups in total. The largest absolute Gasteiger partial charge is 0.102 e. The van der Waals surface area contributed by atoms with E-state index in [1.165, 1.54) is 51.4 Å². The summed E-state index contributed by atoms with van der Waals surface area (Å²) in [5.41, 5.74) is 6.57. The summed E-state index contributed by atoms with van der Waals surface area (Å²) < 4.78 is 0. The molecule has 0 spiro atoms. The van der Waals surface area contributed by atoms with Crippen molar-refractivity contribution in [3.63, 3.8) is 0 Å². The van der Waals surface area contributed by atoms with Crippen molar-refractivity contribution in [3.05, 3.63) is 35.5 Å². The molecule has 0 amide bonds. The van der Waals surface area contributed by atoms with Gasteiger partial charge in [0.15, 0.2) is 0 Å². The molecule has 0 aromatic carbocycles. The van der Waals surface area contributed by atoms with Crippen molar-refractivity contribution in [2.75, 3.05) is 0 Å². The van der Waals surface area contributed by atoms with Gasteiger partial charge in [-0.15, -0.1) is 6.58 Å². The van der Waals surface area contributed by atoms with Gasteiger partial charge in [0.2, 0.25) is 0 Å². The number of fused-ring (bicyclic) bond motifs is 4. The fourth-order valence-corrected chi connectivity index (χ4v) is 6.95. The third-order valence-electron chi connectivity index (χ3n) is 8.55. The molecule has 0 aromatic rings. The summed E-state index contributed by atoms with van der Waals surface area (Å²) in [6.45, 7) is 14.4. The second kappa shape index (κ2) is 4.87. The Kier molecular flexibility index (Phi) is 3.33. The molecular weight excluding hydrogens is 276 g/mol. The molecule has 4 aliphatic rings. The minimum Gasteiger partial charge on any atom is -0.102 e. The molecule has 4 unspecified atom stereocenters. The van der Waals surface area contributed by atoms with Gasteiger partial charge in [0.1, 0.15) is 0 Å². The Balaban J connectivity index is 1.85. The Hall–Kier alpha value is -0.780. The van der Waals surface area contributed by atoms with Crippen molar-refractivity contribution in [1.29, 1.82) is 0 Å². The lowest BCUT2D eigenvalue weighted by Crippen LogP contribution is -2.48. The summed E-state index contributed by atoms with van der Waals surface area (Å²) in [4.78, 5) is 0. The van der Waals surface area contributed by atoms with Crippen molar-refractivity contribution in [2.24, 2.45) is 28.1 Å². The second-order valence-corrected chi connectivity index (χ2v) is 9.81. The lowest BCUT2D eigenvalue weighted by atomic mass is 9.46. The predicted octanol–water partition coefficient (Wildman–Crippen LogP) is 6.84. The number of rotatable bonds is 1. The van der Waals surface area contributed by atoms with Gasteiger partial charge in [-0.2, -0.15) is 0 Å². The maximum absolute atomic E-state index is 4.38. The van der Waals surface area contributed by atoms with Crippen molar-refractivity contribution >= 4 is 0 Å². The second-order valence-electron chi connectivity index (χ2n) is 9.81. The van der Waals surface area contributed by atoms with Crippen LogP contribution in [-0.4, -0.2) is 0 Å². The van der Waals surface area contributed by atoms with E-state index in [1.807, 2.05) is 5.57 Å². The molecule has 23 heavy (non-hydrogen) atoms. The molecule has 0 aromatic heterocycles. The van der Waals surface area contributed by atoms with E-state index in [9.17, 15) is 0 Å². The minimum absolute atomic E-state index is 0.309. The topological polar surface area (TPSA) is 0 Å². The summed E-state index contributed by atoms with van der Waals surface area (Å²) in [6, 6.07) is 0. The Morgan fingerprint density at radius 3 is 2.65 bits per heavy atom. The normalized spacial score (nSPS) is 45.0. The van der Waals surface area contributed by atoms with E-state index in [1.54, 1.807) is 11.1 Å². The van der Waals surface area contributed by atoms with Crippen LogP contribution in [0.3, 0.4) is 0 Å². The molecule has 4 atom stereocenters. The van der Waals surface area contributed by atoms with Gasteiger partial charge in [0, 0.05) is 5.41 Å². The summed E-state index contributed by atoms with van der Waals surface area (Å²) in [5, 5.41) is 0. The lowest BCUT2D eigenvalue weighted by molar-refractivity contribution is 0.0258. The van der Waals surface area contributed by atoms with Gasteiger partial charge in [0.25, 0.3) is 0 Å². The average Bonchev–Trinajstić information content (AvgIpc) is 2.82. The first-order valence-corrected chi connectivity index (χ1v) is 9.92. The van der Waals surface area contributed by atoms with E-state index in [0.717, 1.165) is 11.8 Å². The third kappa shape index (κ3) is 1.90. The average molecular weight is 311 g/mol. The molecule has 1 fully saturated rings. The third-order valence-corrected chi connectivity index (χ3v) is 8.55. The monoisotopic (exact) mass is 310 g/mol. The Labute approximate surface area is 143 Å². The highest BCUT2D eigenvalue weighted by molar-refractivity contribution is 5.50.